The minimum atomic E-state index is 0.482. The normalized spacial score (nSPS) is 11.2. The summed E-state index contributed by atoms with van der Waals surface area (Å²) in [4.78, 5) is 0. The Morgan fingerprint density at radius 1 is 1.58 bits per heavy atom. The lowest BCUT2D eigenvalue weighted by molar-refractivity contribution is 0.864. The maximum absolute atomic E-state index is 5.08. The molecule has 0 aliphatic carbocycles. The largest absolute Gasteiger partial charge is 0.323 e. The zero-order valence-corrected chi connectivity index (χ0v) is 7.41. The first-order chi connectivity index (χ1) is 5.75. The average molecular weight is 161 g/mol. The first-order valence-electron chi connectivity index (χ1n) is 3.99. The van der Waals surface area contributed by atoms with Crippen molar-refractivity contribution in [2.24, 2.45) is 10.9 Å². The van der Waals surface area contributed by atoms with Gasteiger partial charge in [0.1, 0.15) is 0 Å². The molecule has 0 saturated carbocycles. The second kappa shape index (κ2) is 3.90. The van der Waals surface area contributed by atoms with E-state index in [0.29, 0.717) is 5.92 Å². The monoisotopic (exact) mass is 161 g/mol. The molecule has 0 aliphatic heterocycles. The van der Waals surface area contributed by atoms with Crippen LogP contribution in [0.3, 0.4) is 0 Å². The lowest BCUT2D eigenvalue weighted by atomic mass is 9.98. The van der Waals surface area contributed by atoms with E-state index in [1.54, 1.807) is 6.21 Å². The summed E-state index contributed by atoms with van der Waals surface area (Å²) in [7, 11) is 0. The van der Waals surface area contributed by atoms with Gasteiger partial charge in [0.15, 0.2) is 0 Å². The molecule has 0 atom stereocenters. The van der Waals surface area contributed by atoms with Crippen LogP contribution >= 0.6 is 0 Å². The van der Waals surface area contributed by atoms with Crippen LogP contribution in [-0.4, -0.2) is 6.21 Å². The Morgan fingerprint density at radius 2 is 2.33 bits per heavy atom. The molecular weight excluding hydrogens is 148 g/mol. The minimum absolute atomic E-state index is 0.482. The second-order valence-corrected chi connectivity index (χ2v) is 2.97. The van der Waals surface area contributed by atoms with E-state index < -0.39 is 0 Å². The molecule has 0 unspecified atom stereocenters. The van der Waals surface area contributed by atoms with Gasteiger partial charge in [0.25, 0.3) is 0 Å². The predicted molar refractivity (Wildman–Crippen MR) is 51.1 cm³/mol. The molecule has 0 fully saturated rings. The summed E-state index contributed by atoms with van der Waals surface area (Å²) in [6.07, 6.45) is 1.63. The number of nitrogens with two attached hydrogens (primary N) is 1. The van der Waals surface area contributed by atoms with Crippen molar-refractivity contribution in [2.45, 2.75) is 19.8 Å². The predicted octanol–water partition coefficient (Wildman–Crippen LogP) is 1.90. The topological polar surface area (TPSA) is 38.4 Å². The number of rotatable bonds is 2. The van der Waals surface area contributed by atoms with Gasteiger partial charge >= 0.3 is 0 Å². The maximum Gasteiger partial charge on any atom is 0.0547 e. The van der Waals surface area contributed by atoms with Gasteiger partial charge in [-0.15, -0.1) is 0 Å². The number of hydrogen-bond acceptors (Lipinski definition) is 2. The first-order valence-corrected chi connectivity index (χ1v) is 3.99. The number of hydrogen-bond donors (Lipinski definition) is 1. The molecule has 0 spiro atoms. The van der Waals surface area contributed by atoms with Crippen LogP contribution in [0.15, 0.2) is 23.3 Å². The summed E-state index contributed by atoms with van der Waals surface area (Å²) in [5, 5.41) is 3.49. The standard InChI is InChI=1S/C10H13N2/c1-8(2)10-6-4-3-5-9(10)7-12-11/h3-4,6-8H,11H2,1-2H3. The van der Waals surface area contributed by atoms with Gasteiger partial charge in [0.2, 0.25) is 0 Å². The first kappa shape index (κ1) is 8.78. The highest BCUT2D eigenvalue weighted by molar-refractivity contribution is 5.81. The van der Waals surface area contributed by atoms with Crippen LogP contribution in [0, 0.1) is 6.07 Å². The maximum atomic E-state index is 5.08. The lowest BCUT2D eigenvalue weighted by Crippen LogP contribution is -1.96. The van der Waals surface area contributed by atoms with Crippen molar-refractivity contribution in [2.75, 3.05) is 0 Å². The Morgan fingerprint density at radius 3 is 2.92 bits per heavy atom. The molecule has 12 heavy (non-hydrogen) atoms. The van der Waals surface area contributed by atoms with Gasteiger partial charge in [-0.3, -0.25) is 0 Å². The summed E-state index contributed by atoms with van der Waals surface area (Å²) in [5.74, 6) is 5.56. The smallest absolute Gasteiger partial charge is 0.0547 e. The Balaban J connectivity index is 3.08. The molecule has 0 aromatic heterocycles. The van der Waals surface area contributed by atoms with Crippen LogP contribution in [0.1, 0.15) is 30.9 Å². The van der Waals surface area contributed by atoms with E-state index >= 15 is 0 Å². The molecule has 1 aromatic carbocycles. The van der Waals surface area contributed by atoms with Gasteiger partial charge in [-0.1, -0.05) is 32.0 Å². The van der Waals surface area contributed by atoms with E-state index in [4.69, 9.17) is 5.84 Å². The van der Waals surface area contributed by atoms with E-state index in [1.807, 2.05) is 12.1 Å². The molecule has 0 saturated heterocycles. The van der Waals surface area contributed by atoms with E-state index in [-0.39, 0.29) is 0 Å². The quantitative estimate of drug-likeness (QED) is 0.401. The lowest BCUT2D eigenvalue weighted by Gasteiger charge is -2.07. The second-order valence-electron chi connectivity index (χ2n) is 2.97. The number of benzene rings is 1. The third-order valence-corrected chi connectivity index (χ3v) is 1.75. The molecule has 0 aliphatic rings. The Labute approximate surface area is 73.1 Å². The van der Waals surface area contributed by atoms with Gasteiger partial charge in [0.05, 0.1) is 6.21 Å². The molecular formula is C10H13N2. The van der Waals surface area contributed by atoms with Crippen molar-refractivity contribution >= 4 is 6.21 Å². The van der Waals surface area contributed by atoms with E-state index in [2.05, 4.69) is 31.1 Å². The summed E-state index contributed by atoms with van der Waals surface area (Å²) in [5.41, 5.74) is 2.21. The molecule has 1 radical (unpaired) electrons. The highest BCUT2D eigenvalue weighted by Crippen LogP contribution is 2.16. The Hall–Kier alpha value is -1.31. The molecule has 63 valence electrons. The minimum Gasteiger partial charge on any atom is -0.323 e. The van der Waals surface area contributed by atoms with Crippen LogP contribution in [0.5, 0.6) is 0 Å². The van der Waals surface area contributed by atoms with Crippen molar-refractivity contribution in [3.05, 3.63) is 35.4 Å². The van der Waals surface area contributed by atoms with Crippen molar-refractivity contribution in [3.63, 3.8) is 0 Å². The van der Waals surface area contributed by atoms with Gasteiger partial charge in [-0.2, -0.15) is 5.10 Å². The molecule has 1 rings (SSSR count). The number of nitrogens with zero attached hydrogens (tertiary/aromatic N) is 1. The van der Waals surface area contributed by atoms with Crippen LogP contribution in [0.2, 0.25) is 0 Å². The van der Waals surface area contributed by atoms with Crippen LogP contribution in [-0.2, 0) is 0 Å². The fourth-order valence-electron chi connectivity index (χ4n) is 1.15. The third kappa shape index (κ3) is 1.84. The molecule has 2 N–H and O–H groups in total. The fraction of sp³-hybridized carbons (Fsp3) is 0.300. The SMILES string of the molecule is CC(C)c1ccc[c]c1C=NN. The van der Waals surface area contributed by atoms with Gasteiger partial charge < -0.3 is 5.84 Å². The molecule has 2 heteroatoms. The molecule has 2 nitrogen and oxygen atoms in total. The molecule has 0 bridgehead atoms. The van der Waals surface area contributed by atoms with Crippen molar-refractivity contribution < 1.29 is 0 Å². The Kier molecular flexibility index (Phi) is 2.86. The number of hydrazone groups is 1. The zero-order chi connectivity index (χ0) is 8.97. The third-order valence-electron chi connectivity index (χ3n) is 1.75. The molecule has 1 aromatic rings. The van der Waals surface area contributed by atoms with Gasteiger partial charge in [0, 0.05) is 5.56 Å². The highest BCUT2D eigenvalue weighted by atomic mass is 15.1. The summed E-state index contributed by atoms with van der Waals surface area (Å²) in [6.45, 7) is 4.27. The van der Waals surface area contributed by atoms with Crippen molar-refractivity contribution in [3.8, 4) is 0 Å². The highest BCUT2D eigenvalue weighted by Gasteiger charge is 2.02. The van der Waals surface area contributed by atoms with E-state index in [9.17, 15) is 0 Å². The summed E-state index contributed by atoms with van der Waals surface area (Å²) < 4.78 is 0. The van der Waals surface area contributed by atoms with E-state index in [0.717, 1.165) is 5.56 Å². The zero-order valence-electron chi connectivity index (χ0n) is 7.41. The molecule has 0 amide bonds. The average Bonchev–Trinajstić information content (AvgIpc) is 2.05. The summed E-state index contributed by atoms with van der Waals surface area (Å²) in [6, 6.07) is 9.00. The van der Waals surface area contributed by atoms with Crippen molar-refractivity contribution in [1.29, 1.82) is 0 Å². The molecule has 0 heterocycles. The van der Waals surface area contributed by atoms with Gasteiger partial charge in [-0.05, 0) is 17.5 Å². The van der Waals surface area contributed by atoms with Crippen molar-refractivity contribution in [1.82, 2.24) is 0 Å². The fourth-order valence-corrected chi connectivity index (χ4v) is 1.15. The van der Waals surface area contributed by atoms with Crippen LogP contribution in [0.4, 0.5) is 0 Å². The van der Waals surface area contributed by atoms with Crippen LogP contribution < -0.4 is 5.84 Å². The van der Waals surface area contributed by atoms with Crippen LogP contribution in [0.25, 0.3) is 0 Å². The van der Waals surface area contributed by atoms with Gasteiger partial charge in [-0.25, -0.2) is 0 Å². The van der Waals surface area contributed by atoms with E-state index in [1.165, 1.54) is 5.56 Å². The summed E-state index contributed by atoms with van der Waals surface area (Å²) >= 11 is 0. The Bertz CT molecular complexity index is 277.